The predicted octanol–water partition coefficient (Wildman–Crippen LogP) is 5.45. The number of hydrogen-bond acceptors (Lipinski definition) is 6. The monoisotopic (exact) mass is 417 g/mol. The number of nitrogens with one attached hydrogen (secondary N) is 1. The number of carboxylic acids is 1. The Morgan fingerprint density at radius 2 is 1.79 bits per heavy atom. The van der Waals surface area contributed by atoms with Crippen molar-refractivity contribution in [3.8, 4) is 5.75 Å². The summed E-state index contributed by atoms with van der Waals surface area (Å²) in [7, 11) is 0. The number of hydrogen-bond donors (Lipinski definition) is 5. The van der Waals surface area contributed by atoms with Gasteiger partial charge in [0.15, 0.2) is 0 Å². The molecule has 2 aromatic rings. The van der Waals surface area contributed by atoms with E-state index in [4.69, 9.17) is 5.11 Å². The third kappa shape index (κ3) is 5.61. The molecule has 0 unspecified atom stereocenters. The fourth-order valence-electron chi connectivity index (χ4n) is 2.53. The lowest BCUT2D eigenvalue weighted by atomic mass is 10.1. The number of thioether (sulfide) groups is 1. The molecule has 8 heteroatoms. The van der Waals surface area contributed by atoms with Gasteiger partial charge in [0, 0.05) is 4.91 Å². The van der Waals surface area contributed by atoms with Gasteiger partial charge in [-0.15, -0.1) is 10.4 Å². The molecule has 0 heterocycles. The number of aromatic carboxylic acids is 1. The normalized spacial score (nSPS) is 13.1. The maximum Gasteiger partial charge on any atom is 0.335 e. The predicted molar refractivity (Wildman–Crippen MR) is 113 cm³/mol. The molecule has 0 atom stereocenters. The van der Waals surface area contributed by atoms with E-state index < -0.39 is 16.6 Å². The lowest BCUT2D eigenvalue weighted by molar-refractivity contribution is -1.20. The molecule has 29 heavy (non-hydrogen) atoms. The Balaban J connectivity index is 2.33. The molecule has 0 fully saturated rings. The molecule has 2 aromatic carbocycles. The van der Waals surface area contributed by atoms with Crippen molar-refractivity contribution in [2.75, 3.05) is 5.43 Å². The number of phenols is 1. The van der Waals surface area contributed by atoms with Crippen LogP contribution in [0.25, 0.3) is 4.91 Å². The van der Waals surface area contributed by atoms with Crippen LogP contribution < -0.4 is 5.43 Å². The summed E-state index contributed by atoms with van der Waals surface area (Å²) in [6.45, 7) is 5.67. The average molecular weight is 418 g/mol. The fourth-order valence-corrected chi connectivity index (χ4v) is 3.60. The van der Waals surface area contributed by atoms with E-state index in [0.29, 0.717) is 0 Å². The first-order valence-electron chi connectivity index (χ1n) is 8.98. The van der Waals surface area contributed by atoms with Crippen LogP contribution in [0.1, 0.15) is 43.1 Å². The zero-order chi connectivity index (χ0) is 21.6. The Labute approximate surface area is 173 Å². The summed E-state index contributed by atoms with van der Waals surface area (Å²) < 4.78 is 0. The summed E-state index contributed by atoms with van der Waals surface area (Å²) >= 11 is 1.19. The van der Waals surface area contributed by atoms with Gasteiger partial charge in [-0.2, -0.15) is 5.43 Å². The van der Waals surface area contributed by atoms with Crippen molar-refractivity contribution in [2.24, 2.45) is 0 Å². The summed E-state index contributed by atoms with van der Waals surface area (Å²) in [5.41, 5.74) is 4.29. The maximum atomic E-state index is 11.0. The number of rotatable bonds is 8. The van der Waals surface area contributed by atoms with Crippen LogP contribution in [0.15, 0.2) is 65.2 Å². The topological polar surface area (TPSA) is 110 Å². The van der Waals surface area contributed by atoms with Crippen LogP contribution in [0, 0.1) is 0 Å². The van der Waals surface area contributed by atoms with Gasteiger partial charge in [-0.1, -0.05) is 42.8 Å². The minimum Gasteiger partial charge on any atom is -0.506 e. The second kappa shape index (κ2) is 9.62. The molecule has 7 nitrogen and oxygen atoms in total. The van der Waals surface area contributed by atoms with E-state index in [1.807, 2.05) is 44.2 Å². The van der Waals surface area contributed by atoms with E-state index in [9.17, 15) is 20.3 Å². The molecule has 2 rings (SSSR count). The van der Waals surface area contributed by atoms with Crippen LogP contribution in [0.4, 0.5) is 5.69 Å². The summed E-state index contributed by atoms with van der Waals surface area (Å²) in [6, 6.07) is 13.2. The van der Waals surface area contributed by atoms with Gasteiger partial charge in [0.25, 0.3) is 5.03 Å². The van der Waals surface area contributed by atoms with E-state index in [1.165, 1.54) is 23.9 Å². The highest BCUT2D eigenvalue weighted by atomic mass is 32.2. The molecule has 0 aliphatic carbocycles. The maximum absolute atomic E-state index is 11.0. The highest BCUT2D eigenvalue weighted by Crippen LogP contribution is 2.40. The van der Waals surface area contributed by atoms with Crippen LogP contribution in [0.3, 0.4) is 0 Å². The third-order valence-corrected chi connectivity index (χ3v) is 5.72. The standard InChI is InChI=1S/C21H24N2O5S/c1-4-14(3)20(15-9-7-6-8-10-15)29-19(5-2)23(27,28)22-17-12-11-16(21(25)26)13-18(17)24/h5-13,22,27-28H,4H2,1-3H3,(H-,24,25,26)/p+1/b19-5-,20-14?. The second-order valence-electron chi connectivity index (χ2n) is 6.31. The summed E-state index contributed by atoms with van der Waals surface area (Å²) in [5, 5.41) is 40.4. The van der Waals surface area contributed by atoms with Crippen LogP contribution in [-0.2, 0) is 0 Å². The Morgan fingerprint density at radius 1 is 1.14 bits per heavy atom. The van der Waals surface area contributed by atoms with E-state index >= 15 is 0 Å². The van der Waals surface area contributed by atoms with Gasteiger partial charge in [0.05, 0.1) is 10.5 Å². The van der Waals surface area contributed by atoms with Crippen molar-refractivity contribution >= 4 is 28.3 Å². The van der Waals surface area contributed by atoms with E-state index in [0.717, 1.165) is 28.5 Å². The van der Waals surface area contributed by atoms with Gasteiger partial charge in [0.1, 0.15) is 11.4 Å². The van der Waals surface area contributed by atoms with Crippen molar-refractivity contribution in [1.29, 1.82) is 0 Å². The Bertz CT molecular complexity index is 939. The number of anilines is 1. The van der Waals surface area contributed by atoms with Crippen LogP contribution in [0.5, 0.6) is 5.75 Å². The second-order valence-corrected chi connectivity index (χ2v) is 7.34. The minimum absolute atomic E-state index is 0.0302. The van der Waals surface area contributed by atoms with Gasteiger partial charge in [-0.25, -0.2) is 4.79 Å². The van der Waals surface area contributed by atoms with Gasteiger partial charge in [0.2, 0.25) is 0 Å². The van der Waals surface area contributed by atoms with Crippen molar-refractivity contribution in [1.82, 2.24) is 0 Å². The number of phenolic OH excluding ortho intramolecular Hbond substituents is 1. The van der Waals surface area contributed by atoms with Crippen LogP contribution in [-0.4, -0.2) is 31.5 Å². The molecule has 0 aromatic heterocycles. The first-order valence-corrected chi connectivity index (χ1v) is 9.80. The first kappa shape index (κ1) is 22.5. The number of allylic oxidation sites excluding steroid dienone is 2. The van der Waals surface area contributed by atoms with Crippen LogP contribution in [0.2, 0.25) is 0 Å². The molecule has 0 aliphatic heterocycles. The SMILES string of the molecule is C/C=C(\SC(=C(C)CC)c1ccccc1)[N+](O)(O)Nc1ccc(C(=O)O)cc1O. The number of quaternary nitrogens is 1. The molecular formula is C21H25N2O5S+. The van der Waals surface area contributed by atoms with Gasteiger partial charge in [-0.05, 0) is 61.9 Å². The number of hydroxylamine groups is 2. The Kier molecular flexibility index (Phi) is 7.46. The molecule has 0 spiro atoms. The zero-order valence-electron chi connectivity index (χ0n) is 16.5. The van der Waals surface area contributed by atoms with Gasteiger partial charge < -0.3 is 10.2 Å². The first-order chi connectivity index (χ1) is 13.7. The zero-order valence-corrected chi connectivity index (χ0v) is 17.3. The molecule has 0 bridgehead atoms. The van der Waals surface area contributed by atoms with Gasteiger partial charge in [-0.3, -0.25) is 0 Å². The Morgan fingerprint density at radius 3 is 2.31 bits per heavy atom. The van der Waals surface area contributed by atoms with Crippen molar-refractivity contribution < 1.29 is 30.3 Å². The summed E-state index contributed by atoms with van der Waals surface area (Å²) in [6.07, 6.45) is 2.34. The molecule has 0 radical (unpaired) electrons. The van der Waals surface area contributed by atoms with E-state index in [1.54, 1.807) is 13.0 Å². The highest BCUT2D eigenvalue weighted by Gasteiger charge is 2.33. The molecule has 0 aliphatic rings. The quantitative estimate of drug-likeness (QED) is 0.221. The smallest absolute Gasteiger partial charge is 0.335 e. The van der Waals surface area contributed by atoms with Gasteiger partial charge >= 0.3 is 5.97 Å². The summed E-state index contributed by atoms with van der Waals surface area (Å²) in [4.78, 5) is 10.2. The lowest BCUT2D eigenvalue weighted by Crippen LogP contribution is -2.44. The summed E-state index contributed by atoms with van der Waals surface area (Å²) in [5.74, 6) is -1.61. The number of nitrogens with zero attached hydrogens (tertiary/aromatic N) is 1. The molecule has 0 saturated carbocycles. The van der Waals surface area contributed by atoms with Crippen molar-refractivity contribution in [2.45, 2.75) is 27.2 Å². The number of carbonyl (C=O) groups is 1. The van der Waals surface area contributed by atoms with Crippen molar-refractivity contribution in [3.63, 3.8) is 0 Å². The number of benzene rings is 2. The molecular weight excluding hydrogens is 392 g/mol. The Hall–Kier alpha value is -2.78. The average Bonchev–Trinajstić information content (AvgIpc) is 2.70. The third-order valence-electron chi connectivity index (χ3n) is 4.24. The van der Waals surface area contributed by atoms with E-state index in [2.05, 4.69) is 5.43 Å². The molecule has 0 saturated heterocycles. The van der Waals surface area contributed by atoms with Crippen LogP contribution >= 0.6 is 11.8 Å². The largest absolute Gasteiger partial charge is 0.506 e. The molecule has 5 N–H and O–H groups in total. The lowest BCUT2D eigenvalue weighted by Gasteiger charge is -2.24. The van der Waals surface area contributed by atoms with Crippen molar-refractivity contribution in [3.05, 3.63) is 76.3 Å². The molecule has 154 valence electrons. The fraction of sp³-hybridized carbons (Fsp3) is 0.190. The minimum atomic E-state index is -1.71. The number of aromatic hydroxyl groups is 1. The molecule has 0 amide bonds. The van der Waals surface area contributed by atoms with E-state index in [-0.39, 0.29) is 16.3 Å². The number of carboxylic acid groups (broad SMARTS) is 1. The highest BCUT2D eigenvalue weighted by molar-refractivity contribution is 8.11.